The number of aromatic nitrogens is 1. The van der Waals surface area contributed by atoms with Gasteiger partial charge >= 0.3 is 5.97 Å². The number of methoxy groups -OCH3 is 1. The molecule has 0 aromatic carbocycles. The molecule has 0 unspecified atom stereocenters. The number of hydrogen-bond donors (Lipinski definition) is 1. The Morgan fingerprint density at radius 2 is 2.14 bits per heavy atom. The van der Waals surface area contributed by atoms with Crippen molar-refractivity contribution in [2.24, 2.45) is 5.92 Å². The summed E-state index contributed by atoms with van der Waals surface area (Å²) in [5, 5.41) is 2.70. The van der Waals surface area contributed by atoms with Gasteiger partial charge in [0.2, 0.25) is 5.91 Å². The van der Waals surface area contributed by atoms with Crippen LogP contribution in [0.2, 0.25) is 0 Å². The fourth-order valence-electron chi connectivity index (χ4n) is 3.26. The van der Waals surface area contributed by atoms with Crippen molar-refractivity contribution in [2.75, 3.05) is 20.2 Å². The summed E-state index contributed by atoms with van der Waals surface area (Å²) in [5.74, 6) is -1.55. The standard InChI is InChI=1S/C19H23N3O5S2/c1-13-7-8-16(28-13)29(25,26)22-10-4-6-15(12-22)18(23)21-17(19(24)27-2)14-5-3-9-20-11-14/h3,5,7-9,11,15,17H,4,6,10,12H2,1-2H3,(H,21,23)/t15-,17+/m1/s1. The average Bonchev–Trinajstić information content (AvgIpc) is 3.19. The van der Waals surface area contributed by atoms with Crippen LogP contribution in [-0.4, -0.2) is 49.8 Å². The highest BCUT2D eigenvalue weighted by Crippen LogP contribution is 2.28. The molecule has 0 bridgehead atoms. The van der Waals surface area contributed by atoms with E-state index >= 15 is 0 Å². The Balaban J connectivity index is 1.74. The molecular formula is C19H23N3O5S2. The normalized spacial score (nSPS) is 18.8. The summed E-state index contributed by atoms with van der Waals surface area (Å²) in [7, 11) is -2.39. The number of carbonyl (C=O) groups excluding carboxylic acids is 2. The lowest BCUT2D eigenvalue weighted by Crippen LogP contribution is -2.47. The molecule has 0 aliphatic carbocycles. The number of piperidine rings is 1. The van der Waals surface area contributed by atoms with Crippen molar-refractivity contribution in [3.05, 3.63) is 47.1 Å². The number of thiophene rings is 1. The number of pyridine rings is 1. The summed E-state index contributed by atoms with van der Waals surface area (Å²) in [6, 6.07) is 5.70. The maximum Gasteiger partial charge on any atom is 0.333 e. The number of sulfonamides is 1. The Labute approximate surface area is 173 Å². The van der Waals surface area contributed by atoms with E-state index in [1.807, 2.05) is 6.92 Å². The van der Waals surface area contributed by atoms with E-state index in [-0.39, 0.29) is 16.7 Å². The van der Waals surface area contributed by atoms with Gasteiger partial charge in [-0.25, -0.2) is 13.2 Å². The topological polar surface area (TPSA) is 106 Å². The van der Waals surface area contributed by atoms with Crippen molar-refractivity contribution in [3.8, 4) is 0 Å². The van der Waals surface area contributed by atoms with Gasteiger partial charge in [-0.15, -0.1) is 11.3 Å². The van der Waals surface area contributed by atoms with Gasteiger partial charge in [0, 0.05) is 35.9 Å². The van der Waals surface area contributed by atoms with E-state index < -0.39 is 28.0 Å². The molecule has 1 aliphatic heterocycles. The molecule has 29 heavy (non-hydrogen) atoms. The number of hydrogen-bond acceptors (Lipinski definition) is 7. The second-order valence-electron chi connectivity index (χ2n) is 6.82. The van der Waals surface area contributed by atoms with Crippen LogP contribution >= 0.6 is 11.3 Å². The smallest absolute Gasteiger partial charge is 0.333 e. The van der Waals surface area contributed by atoms with E-state index in [0.29, 0.717) is 24.9 Å². The third-order valence-corrected chi connectivity index (χ3v) is 8.14. The summed E-state index contributed by atoms with van der Waals surface area (Å²) >= 11 is 1.21. The molecule has 3 rings (SSSR count). The van der Waals surface area contributed by atoms with Crippen LogP contribution in [0.25, 0.3) is 0 Å². The van der Waals surface area contributed by atoms with Crippen molar-refractivity contribution in [2.45, 2.75) is 30.0 Å². The van der Waals surface area contributed by atoms with E-state index in [1.54, 1.807) is 30.5 Å². The first-order chi connectivity index (χ1) is 13.8. The molecule has 1 aliphatic rings. The number of esters is 1. The van der Waals surface area contributed by atoms with Gasteiger partial charge in [0.25, 0.3) is 10.0 Å². The van der Waals surface area contributed by atoms with Crippen molar-refractivity contribution in [3.63, 3.8) is 0 Å². The van der Waals surface area contributed by atoms with E-state index in [1.165, 1.54) is 28.9 Å². The number of amides is 1. The Morgan fingerprint density at radius 1 is 1.34 bits per heavy atom. The Hall–Kier alpha value is -2.30. The van der Waals surface area contributed by atoms with Crippen LogP contribution < -0.4 is 5.32 Å². The van der Waals surface area contributed by atoms with Gasteiger partial charge in [0.15, 0.2) is 6.04 Å². The highest BCUT2D eigenvalue weighted by Gasteiger charge is 2.35. The van der Waals surface area contributed by atoms with Crippen molar-refractivity contribution in [1.29, 1.82) is 0 Å². The maximum atomic E-state index is 12.9. The van der Waals surface area contributed by atoms with Crippen LogP contribution in [0.4, 0.5) is 0 Å². The number of aryl methyl sites for hydroxylation is 1. The molecule has 2 aromatic rings. The summed E-state index contributed by atoms with van der Waals surface area (Å²) in [5.41, 5.74) is 0.502. The van der Waals surface area contributed by atoms with E-state index in [2.05, 4.69) is 10.3 Å². The monoisotopic (exact) mass is 437 g/mol. The predicted octanol–water partition coefficient (Wildman–Crippen LogP) is 1.88. The van der Waals surface area contributed by atoms with Gasteiger partial charge in [-0.3, -0.25) is 9.78 Å². The SMILES string of the molecule is COC(=O)[C@@H](NC(=O)[C@@H]1CCCN(S(=O)(=O)c2ccc(C)s2)C1)c1cccnc1. The van der Waals surface area contributed by atoms with Crippen LogP contribution in [0.5, 0.6) is 0 Å². The molecule has 156 valence electrons. The average molecular weight is 438 g/mol. The number of nitrogens with one attached hydrogen (secondary N) is 1. The molecule has 1 amide bonds. The molecule has 2 aromatic heterocycles. The first-order valence-corrected chi connectivity index (χ1v) is 11.4. The lowest BCUT2D eigenvalue weighted by atomic mass is 9.98. The summed E-state index contributed by atoms with van der Waals surface area (Å²) in [6.45, 7) is 2.29. The minimum atomic E-state index is -3.64. The molecule has 1 N–H and O–H groups in total. The number of ether oxygens (including phenoxy) is 1. The fourth-order valence-corrected chi connectivity index (χ4v) is 6.22. The first kappa shape index (κ1) is 21.4. The predicted molar refractivity (Wildman–Crippen MR) is 108 cm³/mol. The van der Waals surface area contributed by atoms with Crippen molar-refractivity contribution >= 4 is 33.2 Å². The zero-order valence-electron chi connectivity index (χ0n) is 16.2. The third-order valence-electron chi connectivity index (χ3n) is 4.81. The third kappa shape index (κ3) is 4.82. The van der Waals surface area contributed by atoms with Gasteiger partial charge < -0.3 is 10.1 Å². The lowest BCUT2D eigenvalue weighted by molar-refractivity contribution is -0.146. The highest BCUT2D eigenvalue weighted by molar-refractivity contribution is 7.91. The van der Waals surface area contributed by atoms with Gasteiger partial charge in [0.1, 0.15) is 4.21 Å². The Kier molecular flexibility index (Phi) is 6.66. The highest BCUT2D eigenvalue weighted by atomic mass is 32.2. The minimum Gasteiger partial charge on any atom is -0.467 e. The quantitative estimate of drug-likeness (QED) is 0.692. The summed E-state index contributed by atoms with van der Waals surface area (Å²) in [6.07, 6.45) is 4.16. The second-order valence-corrected chi connectivity index (χ2v) is 10.3. The molecule has 2 atom stereocenters. The van der Waals surface area contributed by atoms with Crippen LogP contribution in [-0.2, 0) is 24.3 Å². The van der Waals surface area contributed by atoms with E-state index in [0.717, 1.165) is 4.88 Å². The molecule has 0 radical (unpaired) electrons. The molecule has 10 heteroatoms. The fraction of sp³-hybridized carbons (Fsp3) is 0.421. The number of nitrogens with zero attached hydrogens (tertiary/aromatic N) is 2. The van der Waals surface area contributed by atoms with E-state index in [9.17, 15) is 18.0 Å². The van der Waals surface area contributed by atoms with Gasteiger partial charge in [-0.2, -0.15) is 4.31 Å². The van der Waals surface area contributed by atoms with Crippen molar-refractivity contribution in [1.82, 2.24) is 14.6 Å². The largest absolute Gasteiger partial charge is 0.467 e. The Bertz CT molecular complexity index is 975. The second kappa shape index (κ2) is 9.02. The number of rotatable bonds is 6. The first-order valence-electron chi connectivity index (χ1n) is 9.17. The van der Waals surface area contributed by atoms with Crippen LogP contribution in [0.3, 0.4) is 0 Å². The minimum absolute atomic E-state index is 0.0754. The zero-order valence-corrected chi connectivity index (χ0v) is 17.8. The summed E-state index contributed by atoms with van der Waals surface area (Å²) < 4.78 is 32.2. The van der Waals surface area contributed by atoms with E-state index in [4.69, 9.17) is 4.74 Å². The number of carbonyl (C=O) groups is 2. The van der Waals surface area contributed by atoms with Crippen LogP contribution in [0.15, 0.2) is 40.9 Å². The zero-order chi connectivity index (χ0) is 21.0. The lowest BCUT2D eigenvalue weighted by Gasteiger charge is -2.31. The molecule has 1 saturated heterocycles. The molecule has 0 saturated carbocycles. The van der Waals surface area contributed by atoms with Gasteiger partial charge in [0.05, 0.1) is 13.0 Å². The van der Waals surface area contributed by atoms with Crippen LogP contribution in [0.1, 0.15) is 29.3 Å². The van der Waals surface area contributed by atoms with Crippen molar-refractivity contribution < 1.29 is 22.7 Å². The maximum absolute atomic E-state index is 12.9. The molecule has 0 spiro atoms. The molecule has 8 nitrogen and oxygen atoms in total. The molecule has 1 fully saturated rings. The summed E-state index contributed by atoms with van der Waals surface area (Å²) in [4.78, 5) is 29.9. The Morgan fingerprint density at radius 3 is 2.76 bits per heavy atom. The van der Waals surface area contributed by atoms with Gasteiger partial charge in [-0.05, 0) is 38.0 Å². The molecule has 3 heterocycles. The van der Waals surface area contributed by atoms with Crippen LogP contribution in [0, 0.1) is 12.8 Å². The molecular weight excluding hydrogens is 414 g/mol. The van der Waals surface area contributed by atoms with Gasteiger partial charge in [-0.1, -0.05) is 6.07 Å².